The Hall–Kier alpha value is -1.58. The van der Waals surface area contributed by atoms with Crippen molar-refractivity contribution in [1.82, 2.24) is 15.4 Å². The summed E-state index contributed by atoms with van der Waals surface area (Å²) in [5, 5.41) is 7.11. The standard InChI is InChI=1S/C6H5N3O/c1-2-4-6-5(3-7-4)10-9-8-6/h2-3,7H,1H2. The van der Waals surface area contributed by atoms with Crippen LogP contribution in [0.25, 0.3) is 17.2 Å². The monoisotopic (exact) mass is 135 g/mol. The Morgan fingerprint density at radius 2 is 2.60 bits per heavy atom. The Kier molecular flexibility index (Phi) is 0.887. The quantitative estimate of drug-likeness (QED) is 0.639. The van der Waals surface area contributed by atoms with Crippen molar-refractivity contribution < 1.29 is 4.52 Å². The first-order chi connectivity index (χ1) is 4.92. The highest BCUT2D eigenvalue weighted by molar-refractivity contribution is 5.80. The molecule has 0 aliphatic rings. The predicted molar refractivity (Wildman–Crippen MR) is 36.2 cm³/mol. The van der Waals surface area contributed by atoms with Crippen LogP contribution in [0.5, 0.6) is 0 Å². The topological polar surface area (TPSA) is 54.7 Å². The van der Waals surface area contributed by atoms with Crippen LogP contribution < -0.4 is 0 Å². The maximum absolute atomic E-state index is 4.76. The van der Waals surface area contributed by atoms with Crippen LogP contribution in [0.3, 0.4) is 0 Å². The number of rotatable bonds is 1. The van der Waals surface area contributed by atoms with Crippen LogP contribution in [0.2, 0.25) is 0 Å². The molecule has 2 rings (SSSR count). The molecule has 4 nitrogen and oxygen atoms in total. The van der Waals surface area contributed by atoms with Crippen LogP contribution in [0.1, 0.15) is 5.69 Å². The van der Waals surface area contributed by atoms with E-state index in [0.717, 1.165) is 11.2 Å². The smallest absolute Gasteiger partial charge is 0.205 e. The molecule has 0 unspecified atom stereocenters. The Morgan fingerprint density at radius 1 is 1.70 bits per heavy atom. The molecule has 0 bridgehead atoms. The molecule has 0 atom stereocenters. The van der Waals surface area contributed by atoms with E-state index in [1.165, 1.54) is 0 Å². The van der Waals surface area contributed by atoms with Crippen molar-refractivity contribution in [3.8, 4) is 0 Å². The highest BCUT2D eigenvalue weighted by Gasteiger charge is 2.04. The van der Waals surface area contributed by atoms with Crippen molar-refractivity contribution in [3.05, 3.63) is 18.5 Å². The van der Waals surface area contributed by atoms with Gasteiger partial charge in [0.1, 0.15) is 0 Å². The van der Waals surface area contributed by atoms with Gasteiger partial charge in [-0.25, -0.2) is 0 Å². The molecule has 0 spiro atoms. The van der Waals surface area contributed by atoms with E-state index in [1.807, 2.05) is 0 Å². The van der Waals surface area contributed by atoms with Crippen molar-refractivity contribution in [3.63, 3.8) is 0 Å². The molecule has 0 fully saturated rings. The van der Waals surface area contributed by atoms with Gasteiger partial charge in [-0.2, -0.15) is 0 Å². The lowest BCUT2D eigenvalue weighted by molar-refractivity contribution is 0.423. The van der Waals surface area contributed by atoms with Crippen LogP contribution in [-0.2, 0) is 0 Å². The van der Waals surface area contributed by atoms with E-state index in [4.69, 9.17) is 4.52 Å². The average Bonchev–Trinajstić information content (AvgIpc) is 2.44. The summed E-state index contributed by atoms with van der Waals surface area (Å²) in [4.78, 5) is 2.93. The van der Waals surface area contributed by atoms with E-state index >= 15 is 0 Å². The van der Waals surface area contributed by atoms with Crippen molar-refractivity contribution in [2.45, 2.75) is 0 Å². The van der Waals surface area contributed by atoms with Crippen molar-refractivity contribution in [1.29, 1.82) is 0 Å². The molecule has 4 heteroatoms. The first-order valence-electron chi connectivity index (χ1n) is 2.83. The summed E-state index contributed by atoms with van der Waals surface area (Å²) in [5.41, 5.74) is 2.24. The zero-order valence-corrected chi connectivity index (χ0v) is 5.16. The van der Waals surface area contributed by atoms with Gasteiger partial charge in [0.05, 0.1) is 5.69 Å². The summed E-state index contributed by atoms with van der Waals surface area (Å²) >= 11 is 0. The van der Waals surface area contributed by atoms with Crippen LogP contribution in [0.4, 0.5) is 0 Å². The third-order valence-electron chi connectivity index (χ3n) is 1.33. The van der Waals surface area contributed by atoms with Crippen molar-refractivity contribution in [2.75, 3.05) is 0 Å². The van der Waals surface area contributed by atoms with E-state index in [0.29, 0.717) is 5.58 Å². The summed E-state index contributed by atoms with van der Waals surface area (Å²) in [6, 6.07) is 0. The zero-order valence-electron chi connectivity index (χ0n) is 5.16. The molecule has 0 amide bonds. The molecule has 0 radical (unpaired) electrons. The minimum atomic E-state index is 0.662. The third-order valence-corrected chi connectivity index (χ3v) is 1.33. The number of nitrogens with zero attached hydrogens (tertiary/aromatic N) is 2. The molecule has 2 aromatic heterocycles. The molecule has 1 N–H and O–H groups in total. The van der Waals surface area contributed by atoms with Crippen LogP contribution >= 0.6 is 0 Å². The Morgan fingerprint density at radius 3 is 3.40 bits per heavy atom. The van der Waals surface area contributed by atoms with Gasteiger partial charge in [0.15, 0.2) is 5.52 Å². The highest BCUT2D eigenvalue weighted by atomic mass is 16.5. The van der Waals surface area contributed by atoms with Gasteiger partial charge in [-0.15, -0.1) is 5.10 Å². The van der Waals surface area contributed by atoms with Crippen molar-refractivity contribution in [2.24, 2.45) is 0 Å². The lowest BCUT2D eigenvalue weighted by Crippen LogP contribution is -1.71. The molecule has 0 aliphatic heterocycles. The maximum atomic E-state index is 4.76. The number of aromatic nitrogens is 3. The summed E-state index contributed by atoms with van der Waals surface area (Å²) in [7, 11) is 0. The van der Waals surface area contributed by atoms with Crippen LogP contribution in [0.15, 0.2) is 17.3 Å². The molecule has 50 valence electrons. The molecular weight excluding hydrogens is 130 g/mol. The van der Waals surface area contributed by atoms with Crippen LogP contribution in [-0.4, -0.2) is 15.4 Å². The number of H-pyrrole nitrogens is 1. The lowest BCUT2D eigenvalue weighted by Gasteiger charge is -1.77. The predicted octanol–water partition coefficient (Wildman–Crippen LogP) is 1.19. The first kappa shape index (κ1) is 5.22. The van der Waals surface area contributed by atoms with E-state index < -0.39 is 0 Å². The van der Waals surface area contributed by atoms with E-state index in [2.05, 4.69) is 21.9 Å². The van der Waals surface area contributed by atoms with Crippen LogP contribution in [0, 0.1) is 0 Å². The third kappa shape index (κ3) is 0.500. The fourth-order valence-corrected chi connectivity index (χ4v) is 0.846. The number of fused-ring (bicyclic) bond motifs is 1. The minimum absolute atomic E-state index is 0.662. The molecule has 2 heterocycles. The first-order valence-corrected chi connectivity index (χ1v) is 2.83. The van der Waals surface area contributed by atoms with Gasteiger partial charge in [-0.1, -0.05) is 6.58 Å². The molecule has 0 saturated heterocycles. The molecule has 0 aliphatic carbocycles. The largest absolute Gasteiger partial charge is 0.356 e. The number of nitrogens with one attached hydrogen (secondary N) is 1. The Balaban J connectivity index is 2.88. The second-order valence-electron chi connectivity index (χ2n) is 1.89. The lowest BCUT2D eigenvalue weighted by atomic mass is 10.4. The Bertz CT molecular complexity index is 360. The summed E-state index contributed by atoms with van der Waals surface area (Å²) in [6.45, 7) is 3.59. The van der Waals surface area contributed by atoms with Crippen molar-refractivity contribution >= 4 is 17.2 Å². The zero-order chi connectivity index (χ0) is 6.97. The average molecular weight is 135 g/mol. The number of hydrogen-bond donors (Lipinski definition) is 1. The number of hydrogen-bond acceptors (Lipinski definition) is 3. The van der Waals surface area contributed by atoms with Gasteiger partial charge in [-0.3, -0.25) is 0 Å². The normalized spacial score (nSPS) is 10.4. The van der Waals surface area contributed by atoms with E-state index in [-0.39, 0.29) is 0 Å². The van der Waals surface area contributed by atoms with Gasteiger partial charge < -0.3 is 9.51 Å². The molecule has 10 heavy (non-hydrogen) atoms. The van der Waals surface area contributed by atoms with Gasteiger partial charge in [0.25, 0.3) is 0 Å². The number of aromatic amines is 1. The van der Waals surface area contributed by atoms with Gasteiger partial charge >= 0.3 is 0 Å². The van der Waals surface area contributed by atoms with Gasteiger partial charge in [0, 0.05) is 11.5 Å². The SMILES string of the molecule is C=Cc1[nH]cc2onnc12. The molecule has 2 aromatic rings. The summed E-state index contributed by atoms with van der Waals surface area (Å²) in [5.74, 6) is 0. The molecular formula is C6H5N3O. The fourth-order valence-electron chi connectivity index (χ4n) is 0.846. The van der Waals surface area contributed by atoms with E-state index in [9.17, 15) is 0 Å². The van der Waals surface area contributed by atoms with E-state index in [1.54, 1.807) is 12.3 Å². The summed E-state index contributed by atoms with van der Waals surface area (Å²) < 4.78 is 4.76. The highest BCUT2D eigenvalue weighted by Crippen LogP contribution is 2.14. The molecule has 0 saturated carbocycles. The molecule has 0 aromatic carbocycles. The van der Waals surface area contributed by atoms with Gasteiger partial charge in [-0.05, 0) is 6.08 Å². The Labute approximate surface area is 56.5 Å². The second kappa shape index (κ2) is 1.70. The second-order valence-corrected chi connectivity index (χ2v) is 1.89. The minimum Gasteiger partial charge on any atom is -0.356 e. The fraction of sp³-hybridized carbons (Fsp3) is 0. The van der Waals surface area contributed by atoms with Gasteiger partial charge in [0.2, 0.25) is 5.58 Å². The summed E-state index contributed by atoms with van der Waals surface area (Å²) in [6.07, 6.45) is 3.37. The maximum Gasteiger partial charge on any atom is 0.205 e.